The van der Waals surface area contributed by atoms with Crippen molar-refractivity contribution < 1.29 is 13.6 Å². The number of amides is 1. The summed E-state index contributed by atoms with van der Waals surface area (Å²) in [5.74, 6) is -3.83. The van der Waals surface area contributed by atoms with E-state index >= 15 is 0 Å². The van der Waals surface area contributed by atoms with E-state index in [1.54, 1.807) is 28.8 Å². The zero-order valence-corrected chi connectivity index (χ0v) is 12.1. The fourth-order valence-electron chi connectivity index (χ4n) is 2.59. The molecule has 0 radical (unpaired) electrons. The average Bonchev–Trinajstić information content (AvgIpc) is 2.81. The van der Waals surface area contributed by atoms with E-state index in [2.05, 4.69) is 4.98 Å². The molecule has 0 N–H and O–H groups in total. The third-order valence-corrected chi connectivity index (χ3v) is 4.08. The van der Waals surface area contributed by atoms with Crippen molar-refractivity contribution in [3.8, 4) is 0 Å². The van der Waals surface area contributed by atoms with E-state index in [1.165, 1.54) is 11.8 Å². The quantitative estimate of drug-likeness (QED) is 0.811. The molecule has 4 nitrogen and oxygen atoms in total. The number of hydrogen-bond acceptors (Lipinski definition) is 2. The van der Waals surface area contributed by atoms with Gasteiger partial charge in [0.2, 0.25) is 0 Å². The molecule has 1 atom stereocenters. The normalized spacial score (nSPS) is 21.7. The maximum Gasteiger partial charge on any atom is 0.270 e. The second-order valence-corrected chi connectivity index (χ2v) is 5.75. The number of halogens is 3. The summed E-state index contributed by atoms with van der Waals surface area (Å²) in [6, 6.07) is 5.08. The third-order valence-electron chi connectivity index (χ3n) is 3.90. The van der Waals surface area contributed by atoms with Crippen LogP contribution in [0.1, 0.15) is 23.8 Å². The lowest BCUT2D eigenvalue weighted by atomic mass is 9.95. The number of alkyl halides is 2. The summed E-state index contributed by atoms with van der Waals surface area (Å²) in [5.41, 5.74) is 0.936. The summed E-state index contributed by atoms with van der Waals surface area (Å²) in [6.07, 6.45) is 1.24. The summed E-state index contributed by atoms with van der Waals surface area (Å²) < 4.78 is 28.6. The summed E-state index contributed by atoms with van der Waals surface area (Å²) >= 11 is 5.85. The molecule has 1 fully saturated rings. The summed E-state index contributed by atoms with van der Waals surface area (Å²) in [6.45, 7) is 1.56. The van der Waals surface area contributed by atoms with Crippen molar-refractivity contribution in [2.75, 3.05) is 13.1 Å². The number of nitrogens with zero attached hydrogens (tertiary/aromatic N) is 3. The number of likely N-dealkylation sites (tertiary alicyclic amines) is 1. The Balaban J connectivity index is 1.91. The Morgan fingerprint density at radius 3 is 2.95 bits per heavy atom. The Bertz CT molecular complexity index is 701. The van der Waals surface area contributed by atoms with Crippen LogP contribution in [0.25, 0.3) is 5.65 Å². The van der Waals surface area contributed by atoms with Gasteiger partial charge in [-0.25, -0.2) is 13.8 Å². The number of imidazole rings is 1. The highest BCUT2D eigenvalue weighted by molar-refractivity contribution is 6.29. The Labute approximate surface area is 125 Å². The van der Waals surface area contributed by atoms with Gasteiger partial charge in [-0.2, -0.15) is 0 Å². The molecule has 3 rings (SSSR count). The molecule has 1 saturated heterocycles. The number of pyridine rings is 1. The van der Waals surface area contributed by atoms with Gasteiger partial charge in [0.1, 0.15) is 16.5 Å². The fraction of sp³-hybridized carbons (Fsp3) is 0.429. The lowest BCUT2D eigenvalue weighted by Crippen LogP contribution is -2.48. The van der Waals surface area contributed by atoms with Gasteiger partial charge in [0, 0.05) is 31.6 Å². The molecule has 3 heterocycles. The summed E-state index contributed by atoms with van der Waals surface area (Å²) in [7, 11) is 0. The smallest absolute Gasteiger partial charge is 0.270 e. The highest BCUT2D eigenvalue weighted by Crippen LogP contribution is 2.33. The topological polar surface area (TPSA) is 37.6 Å². The van der Waals surface area contributed by atoms with Crippen LogP contribution in [-0.2, 0) is 0 Å². The van der Waals surface area contributed by atoms with Crippen LogP contribution in [0.4, 0.5) is 8.78 Å². The first kappa shape index (κ1) is 14.3. The lowest BCUT2D eigenvalue weighted by molar-refractivity contribution is -0.0922. The maximum atomic E-state index is 13.5. The number of rotatable bonds is 1. The monoisotopic (exact) mass is 313 g/mol. The molecule has 0 aromatic carbocycles. The Morgan fingerprint density at radius 2 is 2.24 bits per heavy atom. The van der Waals surface area contributed by atoms with E-state index in [0.29, 0.717) is 11.3 Å². The van der Waals surface area contributed by atoms with Gasteiger partial charge in [-0.05, 0) is 12.1 Å². The predicted octanol–water partition coefficient (Wildman–Crippen LogP) is 3.11. The fourth-order valence-corrected chi connectivity index (χ4v) is 2.77. The maximum absolute atomic E-state index is 13.5. The molecular weight excluding hydrogens is 300 g/mol. The van der Waals surface area contributed by atoms with E-state index in [1.807, 2.05) is 0 Å². The van der Waals surface area contributed by atoms with E-state index in [9.17, 15) is 13.6 Å². The van der Waals surface area contributed by atoms with Crippen LogP contribution in [0.3, 0.4) is 0 Å². The first-order chi connectivity index (χ1) is 9.88. The van der Waals surface area contributed by atoms with Crippen LogP contribution >= 0.6 is 11.6 Å². The van der Waals surface area contributed by atoms with Crippen LogP contribution in [0.2, 0.25) is 5.15 Å². The van der Waals surface area contributed by atoms with E-state index < -0.39 is 11.8 Å². The second kappa shape index (κ2) is 4.94. The first-order valence-electron chi connectivity index (χ1n) is 6.69. The van der Waals surface area contributed by atoms with E-state index in [4.69, 9.17) is 11.6 Å². The number of hydrogen-bond donors (Lipinski definition) is 0. The van der Waals surface area contributed by atoms with Gasteiger partial charge in [-0.3, -0.25) is 9.20 Å². The van der Waals surface area contributed by atoms with Crippen molar-refractivity contribution >= 4 is 23.2 Å². The van der Waals surface area contributed by atoms with Crippen LogP contribution in [0, 0.1) is 5.92 Å². The molecule has 1 aliphatic rings. The van der Waals surface area contributed by atoms with Crippen molar-refractivity contribution in [1.82, 2.24) is 14.3 Å². The highest BCUT2D eigenvalue weighted by atomic mass is 35.5. The molecule has 0 bridgehead atoms. The van der Waals surface area contributed by atoms with Gasteiger partial charge in [-0.15, -0.1) is 0 Å². The molecule has 2 aromatic rings. The summed E-state index contributed by atoms with van der Waals surface area (Å²) in [4.78, 5) is 18.1. The minimum absolute atomic E-state index is 0.0463. The van der Waals surface area contributed by atoms with Crippen molar-refractivity contribution in [2.24, 2.45) is 5.92 Å². The molecule has 1 amide bonds. The molecular formula is C14H14ClF2N3O. The standard InChI is InChI=1S/C14H14ClF2N3O/c1-9-7-19(6-5-14(9,16)17)13(21)10-3-2-4-12-18-11(15)8-20(10)12/h2-4,8-9H,5-7H2,1H3. The van der Waals surface area contributed by atoms with Crippen LogP contribution < -0.4 is 0 Å². The zero-order valence-electron chi connectivity index (χ0n) is 11.4. The Hall–Kier alpha value is -1.69. The molecule has 112 valence electrons. The number of fused-ring (bicyclic) bond motifs is 1. The number of aromatic nitrogens is 2. The Kier molecular flexibility index (Phi) is 3.36. The number of piperidine rings is 1. The average molecular weight is 314 g/mol. The van der Waals surface area contributed by atoms with Gasteiger partial charge in [0.05, 0.1) is 0 Å². The molecule has 0 spiro atoms. The number of carbonyl (C=O) groups is 1. The molecule has 2 aromatic heterocycles. The van der Waals surface area contributed by atoms with Gasteiger partial charge in [0.15, 0.2) is 0 Å². The zero-order chi connectivity index (χ0) is 15.2. The van der Waals surface area contributed by atoms with Crippen LogP contribution in [-0.4, -0.2) is 39.2 Å². The predicted molar refractivity (Wildman–Crippen MR) is 74.8 cm³/mol. The molecule has 0 saturated carbocycles. The van der Waals surface area contributed by atoms with Crippen LogP contribution in [0.15, 0.2) is 24.4 Å². The van der Waals surface area contributed by atoms with Crippen molar-refractivity contribution in [1.29, 1.82) is 0 Å². The molecule has 0 aliphatic carbocycles. The van der Waals surface area contributed by atoms with Crippen molar-refractivity contribution in [2.45, 2.75) is 19.3 Å². The lowest BCUT2D eigenvalue weighted by Gasteiger charge is -2.36. The SMILES string of the molecule is CC1CN(C(=O)c2cccc3nc(Cl)cn23)CCC1(F)F. The van der Waals surface area contributed by atoms with Gasteiger partial charge in [-0.1, -0.05) is 24.6 Å². The molecule has 1 unspecified atom stereocenters. The second-order valence-electron chi connectivity index (χ2n) is 5.37. The van der Waals surface area contributed by atoms with E-state index in [0.717, 1.165) is 0 Å². The molecule has 21 heavy (non-hydrogen) atoms. The van der Waals surface area contributed by atoms with E-state index in [-0.39, 0.29) is 30.6 Å². The number of carbonyl (C=O) groups excluding carboxylic acids is 1. The minimum Gasteiger partial charge on any atom is -0.337 e. The van der Waals surface area contributed by atoms with Crippen molar-refractivity contribution in [3.63, 3.8) is 0 Å². The van der Waals surface area contributed by atoms with Crippen molar-refractivity contribution in [3.05, 3.63) is 35.2 Å². The van der Waals surface area contributed by atoms with Gasteiger partial charge < -0.3 is 4.90 Å². The Morgan fingerprint density at radius 1 is 1.48 bits per heavy atom. The van der Waals surface area contributed by atoms with Gasteiger partial charge >= 0.3 is 0 Å². The largest absolute Gasteiger partial charge is 0.337 e. The first-order valence-corrected chi connectivity index (χ1v) is 7.07. The van der Waals surface area contributed by atoms with Crippen LogP contribution in [0.5, 0.6) is 0 Å². The molecule has 7 heteroatoms. The van der Waals surface area contributed by atoms with Gasteiger partial charge in [0.25, 0.3) is 11.8 Å². The summed E-state index contributed by atoms with van der Waals surface area (Å²) in [5, 5.41) is 0.286. The third kappa shape index (κ3) is 2.48. The minimum atomic E-state index is -2.71. The highest BCUT2D eigenvalue weighted by Gasteiger charge is 2.42. The molecule has 1 aliphatic heterocycles.